The van der Waals surface area contributed by atoms with Crippen molar-refractivity contribution >= 4 is 0 Å². The second-order valence-electron chi connectivity index (χ2n) is 9.40. The molecule has 0 heterocycles. The van der Waals surface area contributed by atoms with Gasteiger partial charge in [-0.2, -0.15) is 0 Å². The van der Waals surface area contributed by atoms with E-state index < -0.39 is 106 Å². The van der Waals surface area contributed by atoms with Crippen molar-refractivity contribution in [2.75, 3.05) is 0 Å². The van der Waals surface area contributed by atoms with Crippen LogP contribution in [0.25, 0.3) is 0 Å². The van der Waals surface area contributed by atoms with E-state index in [2.05, 4.69) is 0 Å². The van der Waals surface area contributed by atoms with Crippen molar-refractivity contribution in [2.24, 2.45) is 11.8 Å². The fourth-order valence-corrected chi connectivity index (χ4v) is 6.47. The maximum atomic E-state index is 13.9. The van der Waals surface area contributed by atoms with Crippen molar-refractivity contribution in [1.82, 2.24) is 0 Å². The predicted molar refractivity (Wildman–Crippen MR) is 84.9 cm³/mol. The monoisotopic (exact) mass is 502 g/mol. The summed E-state index contributed by atoms with van der Waals surface area (Å²) < 4.78 is 136. The molecule has 188 valence electrons. The zero-order valence-corrected chi connectivity index (χ0v) is 16.1. The molecule has 0 saturated heterocycles. The Morgan fingerprint density at radius 1 is 0.515 bits per heavy atom. The van der Waals surface area contributed by atoms with Crippen LogP contribution in [0, 0.1) is 11.8 Å². The lowest BCUT2D eigenvalue weighted by atomic mass is 9.41. The number of halogens is 10. The van der Waals surface area contributed by atoms with Crippen molar-refractivity contribution in [1.29, 1.82) is 0 Å². The Hall–Kier alpha value is -1.42. The fourth-order valence-electron chi connectivity index (χ4n) is 6.47. The summed E-state index contributed by atoms with van der Waals surface area (Å²) >= 11 is 0. The van der Waals surface area contributed by atoms with Gasteiger partial charge in [0.15, 0.2) is 11.7 Å². The molecular formula is C18H16F10O5. The van der Waals surface area contributed by atoms with Gasteiger partial charge in [0.2, 0.25) is 45.6 Å². The molecule has 0 aliphatic heterocycles. The average molecular weight is 502 g/mol. The van der Waals surface area contributed by atoms with Gasteiger partial charge in [-0.15, -0.1) is 0 Å². The van der Waals surface area contributed by atoms with Gasteiger partial charge in [0.1, 0.15) is 11.7 Å². The maximum absolute atomic E-state index is 13.9. The van der Waals surface area contributed by atoms with Gasteiger partial charge < -0.3 is 25.9 Å². The Labute approximate surface area is 177 Å². The van der Waals surface area contributed by atoms with Crippen LogP contribution in [0.2, 0.25) is 0 Å². The second-order valence-corrected chi connectivity index (χ2v) is 9.40. The molecule has 10 rings (SSSR count). The van der Waals surface area contributed by atoms with Crippen molar-refractivity contribution in [3.8, 4) is 0 Å². The lowest BCUT2D eigenvalue weighted by molar-refractivity contribution is -0.469. The first-order chi connectivity index (χ1) is 14.3. The Bertz CT molecular complexity index is 906. The van der Waals surface area contributed by atoms with E-state index >= 15 is 0 Å². The Kier molecular flexibility index (Phi) is 4.26. The highest BCUT2D eigenvalue weighted by Crippen LogP contribution is 2.78. The van der Waals surface area contributed by atoms with Crippen LogP contribution in [0.1, 0.15) is 25.7 Å². The first-order valence-corrected chi connectivity index (χ1v) is 9.41. The SMILES string of the molecule is O.OC1(O)[C@]2(F)CC3C[C@@]1(F)C2(F)C(F)=C3F.OC1(O)[C@]2(F)CC3C[C@@]1(F)C2(F)C(F)=C3F. The molecule has 6 N–H and O–H groups in total. The lowest BCUT2D eigenvalue weighted by Gasteiger charge is -2.71. The molecule has 0 amide bonds. The van der Waals surface area contributed by atoms with Crippen molar-refractivity contribution in [3.05, 3.63) is 23.3 Å². The molecule has 15 heteroatoms. The molecule has 10 aliphatic carbocycles. The molecule has 0 aromatic heterocycles. The zero-order valence-electron chi connectivity index (χ0n) is 16.1. The van der Waals surface area contributed by atoms with Crippen LogP contribution in [0.3, 0.4) is 0 Å². The molecule has 0 spiro atoms. The minimum Gasteiger partial charge on any atom is -0.412 e. The van der Waals surface area contributed by atoms with E-state index in [1.807, 2.05) is 0 Å². The minimum atomic E-state index is -3.91. The number of aliphatic hydroxyl groups is 4. The minimum absolute atomic E-state index is 0. The van der Waals surface area contributed by atoms with Gasteiger partial charge in [-0.25, -0.2) is 43.9 Å². The van der Waals surface area contributed by atoms with Crippen LogP contribution >= 0.6 is 0 Å². The van der Waals surface area contributed by atoms with Gasteiger partial charge in [-0.05, 0) is 25.7 Å². The van der Waals surface area contributed by atoms with Crippen LogP contribution in [0.4, 0.5) is 43.9 Å². The summed E-state index contributed by atoms with van der Waals surface area (Å²) in [4.78, 5) is 0. The predicted octanol–water partition coefficient (Wildman–Crippen LogP) is 1.94. The molecule has 10 aliphatic rings. The van der Waals surface area contributed by atoms with E-state index in [0.717, 1.165) is 0 Å². The molecule has 0 radical (unpaired) electrons. The highest BCUT2D eigenvalue weighted by atomic mass is 19.2. The van der Waals surface area contributed by atoms with Gasteiger partial charge in [0, 0.05) is 11.8 Å². The molecule has 0 aromatic rings. The van der Waals surface area contributed by atoms with Crippen molar-refractivity contribution in [2.45, 2.75) is 71.3 Å². The van der Waals surface area contributed by atoms with Crippen LogP contribution in [-0.2, 0) is 0 Å². The summed E-state index contributed by atoms with van der Waals surface area (Å²) in [6.07, 6.45) is -3.88. The highest BCUT2D eigenvalue weighted by Gasteiger charge is 2.99. The van der Waals surface area contributed by atoms with Gasteiger partial charge in [-0.1, -0.05) is 0 Å². The Morgan fingerprint density at radius 3 is 0.939 bits per heavy atom. The third-order valence-electron chi connectivity index (χ3n) is 8.25. The van der Waals surface area contributed by atoms with Crippen LogP contribution < -0.4 is 0 Å². The van der Waals surface area contributed by atoms with Crippen molar-refractivity contribution in [3.63, 3.8) is 0 Å². The highest BCUT2D eigenvalue weighted by molar-refractivity contribution is 5.52. The first kappa shape index (κ1) is 24.7. The third kappa shape index (κ3) is 1.78. The number of rotatable bonds is 0. The lowest BCUT2D eigenvalue weighted by Crippen LogP contribution is -2.94. The van der Waals surface area contributed by atoms with Gasteiger partial charge >= 0.3 is 0 Å². The van der Waals surface area contributed by atoms with Gasteiger partial charge in [-0.3, -0.25) is 0 Å². The molecule has 6 fully saturated rings. The van der Waals surface area contributed by atoms with Crippen molar-refractivity contribution < 1.29 is 69.8 Å². The zero-order chi connectivity index (χ0) is 24.3. The molecule has 33 heavy (non-hydrogen) atoms. The molecule has 5 nitrogen and oxygen atoms in total. The molecule has 0 aromatic carbocycles. The number of allylic oxidation sites excluding steroid dienone is 4. The molecular weight excluding hydrogens is 486 g/mol. The number of hydrogen-bond donors (Lipinski definition) is 4. The summed E-state index contributed by atoms with van der Waals surface area (Å²) in [7, 11) is 0. The van der Waals surface area contributed by atoms with Gasteiger partial charge in [0.05, 0.1) is 0 Å². The molecule has 8 bridgehead atoms. The fraction of sp³-hybridized carbons (Fsp3) is 0.778. The summed E-state index contributed by atoms with van der Waals surface area (Å²) in [6, 6.07) is 0. The van der Waals surface area contributed by atoms with E-state index in [-0.39, 0.29) is 5.48 Å². The normalized spacial score (nSPS) is 55.8. The standard InChI is InChI=1S/2C9H7F5O2.H2O/c2*10-4-3-1-6(12)8(14,5(4)11)7(13,2-3)9(6,15)16;/h2*3,15-16H,1-2H2;1H2/t2*3?,6-,7+,8?;. The first-order valence-electron chi connectivity index (χ1n) is 9.41. The Balaban J connectivity index is 0.000000152. The number of hydrogen-bond acceptors (Lipinski definition) is 4. The quantitative estimate of drug-likeness (QED) is 0.300. The smallest absolute Gasteiger partial charge is 0.242 e. The summed E-state index contributed by atoms with van der Waals surface area (Å²) in [5.41, 5.74) is -21.9. The maximum Gasteiger partial charge on any atom is 0.242 e. The summed E-state index contributed by atoms with van der Waals surface area (Å²) in [5, 5.41) is 36.6. The molecule has 6 saturated carbocycles. The van der Waals surface area contributed by atoms with Crippen LogP contribution in [0.5, 0.6) is 0 Å². The van der Waals surface area contributed by atoms with E-state index in [1.54, 1.807) is 0 Å². The largest absolute Gasteiger partial charge is 0.412 e. The molecule has 4 unspecified atom stereocenters. The summed E-state index contributed by atoms with van der Waals surface area (Å²) in [5.74, 6) is -17.6. The van der Waals surface area contributed by atoms with E-state index in [9.17, 15) is 43.9 Å². The van der Waals surface area contributed by atoms with Gasteiger partial charge in [0.25, 0.3) is 0 Å². The van der Waals surface area contributed by atoms with E-state index in [4.69, 9.17) is 20.4 Å². The third-order valence-corrected chi connectivity index (χ3v) is 8.25. The van der Waals surface area contributed by atoms with E-state index in [0.29, 0.717) is 0 Å². The van der Waals surface area contributed by atoms with Crippen LogP contribution in [0.15, 0.2) is 23.3 Å². The van der Waals surface area contributed by atoms with E-state index in [1.165, 1.54) is 0 Å². The topological polar surface area (TPSA) is 112 Å². The Morgan fingerprint density at radius 2 is 0.727 bits per heavy atom. The number of alkyl halides is 6. The van der Waals surface area contributed by atoms with Crippen LogP contribution in [-0.4, -0.2) is 71.5 Å². The summed E-state index contributed by atoms with van der Waals surface area (Å²) in [6.45, 7) is 0. The molecule has 8 atom stereocenters. The average Bonchev–Trinajstić information content (AvgIpc) is 2.69. The second kappa shape index (κ2) is 5.69.